The number of nitrogens with zero attached hydrogens (tertiary/aromatic N) is 3. The van der Waals surface area contributed by atoms with Crippen LogP contribution in [-0.4, -0.2) is 56.6 Å². The number of benzene rings is 4. The van der Waals surface area contributed by atoms with E-state index in [-0.39, 0.29) is 16.3 Å². The van der Waals surface area contributed by atoms with Gasteiger partial charge in [0, 0.05) is 46.8 Å². The summed E-state index contributed by atoms with van der Waals surface area (Å²) in [7, 11) is -8.84. The molecule has 3 heterocycles. The minimum Gasteiger partial charge on any atom is -0.381 e. The fraction of sp³-hybridized carbons (Fsp3) is 0.206. The Bertz CT molecular complexity index is 2380. The first kappa shape index (κ1) is 33.0. The molecule has 6 aromatic rings. The zero-order valence-corrected chi connectivity index (χ0v) is 27.1. The van der Waals surface area contributed by atoms with Crippen LogP contribution < -0.4 is 0 Å². The molecule has 0 atom stereocenters. The normalized spacial score (nSPS) is 14.9. The zero-order chi connectivity index (χ0) is 34.6. The Morgan fingerprint density at radius 3 is 2.16 bits per heavy atom. The van der Waals surface area contributed by atoms with Gasteiger partial charge in [-0.2, -0.15) is 39.2 Å². The molecule has 0 saturated carbocycles. The van der Waals surface area contributed by atoms with E-state index in [0.717, 1.165) is 9.78 Å². The number of hydrogen-bond donors (Lipinski definition) is 0. The van der Waals surface area contributed by atoms with Crippen molar-refractivity contribution in [3.05, 3.63) is 109 Å². The second-order valence-electron chi connectivity index (χ2n) is 11.5. The number of rotatable bonds is 8. The van der Waals surface area contributed by atoms with Crippen molar-refractivity contribution >= 4 is 41.9 Å². The summed E-state index contributed by atoms with van der Waals surface area (Å²) in [4.78, 5) is -0.429. The van der Waals surface area contributed by atoms with Crippen molar-refractivity contribution in [1.29, 1.82) is 0 Å². The van der Waals surface area contributed by atoms with Crippen LogP contribution in [0.1, 0.15) is 24.5 Å². The molecule has 1 saturated heterocycles. The molecule has 254 valence electrons. The minimum absolute atomic E-state index is 0.0386. The summed E-state index contributed by atoms with van der Waals surface area (Å²) in [5.74, 6) is -0.528. The fourth-order valence-electron chi connectivity index (χ4n) is 6.22. The number of halogens is 4. The van der Waals surface area contributed by atoms with Crippen LogP contribution in [0.25, 0.3) is 38.6 Å². The summed E-state index contributed by atoms with van der Waals surface area (Å²) in [6, 6.07) is 22.5. The summed E-state index contributed by atoms with van der Waals surface area (Å²) in [5.41, 5.74) is 3.51. The van der Waals surface area contributed by atoms with Gasteiger partial charge >= 0.3 is 6.18 Å². The predicted molar refractivity (Wildman–Crippen MR) is 173 cm³/mol. The van der Waals surface area contributed by atoms with Gasteiger partial charge in [0.2, 0.25) is 0 Å². The highest BCUT2D eigenvalue weighted by molar-refractivity contribution is 7.90. The van der Waals surface area contributed by atoms with Gasteiger partial charge in [0.15, 0.2) is 6.61 Å². The van der Waals surface area contributed by atoms with Crippen LogP contribution in [0.15, 0.2) is 107 Å². The summed E-state index contributed by atoms with van der Waals surface area (Å²) in [6.45, 7) is -1.03. The molecule has 7 rings (SSSR count). The maximum Gasteiger partial charge on any atom is 0.413 e. The Kier molecular flexibility index (Phi) is 8.33. The zero-order valence-electron chi connectivity index (χ0n) is 25.5. The molecular formula is C34H27F4N3O6S2. The molecule has 1 aliphatic rings. The summed E-state index contributed by atoms with van der Waals surface area (Å²) >= 11 is 0. The molecule has 2 aromatic heterocycles. The molecule has 1 aliphatic heterocycles. The molecule has 0 spiro atoms. The SMILES string of the molecule is O=S(=O)(OCC(F)(F)F)c1ccc(-c2c(C3CCOCC3)n(-c3ccc(F)cc3)c3cc4cnn(S(=O)(=O)c5ccccc5)c4cc23)cc1. The first-order valence-electron chi connectivity index (χ1n) is 15.1. The third kappa shape index (κ3) is 6.23. The first-order valence-corrected chi connectivity index (χ1v) is 18.0. The van der Waals surface area contributed by atoms with Crippen LogP contribution in [0.2, 0.25) is 0 Å². The van der Waals surface area contributed by atoms with Crippen LogP contribution in [0.4, 0.5) is 17.6 Å². The number of ether oxygens (including phenoxy) is 1. The molecule has 1 fully saturated rings. The summed E-state index contributed by atoms with van der Waals surface area (Å²) in [6.07, 6.45) is -2.15. The van der Waals surface area contributed by atoms with Crippen molar-refractivity contribution in [3.63, 3.8) is 0 Å². The fourth-order valence-corrected chi connectivity index (χ4v) is 8.40. The quantitative estimate of drug-likeness (QED) is 0.121. The molecule has 49 heavy (non-hydrogen) atoms. The van der Waals surface area contributed by atoms with Crippen molar-refractivity contribution < 1.29 is 43.3 Å². The third-order valence-electron chi connectivity index (χ3n) is 8.43. The van der Waals surface area contributed by atoms with Gasteiger partial charge in [-0.3, -0.25) is 4.18 Å². The lowest BCUT2D eigenvalue weighted by Crippen LogP contribution is -2.20. The Balaban J connectivity index is 1.49. The van der Waals surface area contributed by atoms with Crippen molar-refractivity contribution in [1.82, 2.24) is 13.8 Å². The molecule has 0 N–H and O–H groups in total. The average Bonchev–Trinajstić information content (AvgIpc) is 3.66. The summed E-state index contributed by atoms with van der Waals surface area (Å²) < 4.78 is 118. The summed E-state index contributed by atoms with van der Waals surface area (Å²) in [5, 5.41) is 5.35. The maximum atomic E-state index is 14.1. The van der Waals surface area contributed by atoms with E-state index in [9.17, 15) is 34.4 Å². The average molecular weight is 714 g/mol. The Morgan fingerprint density at radius 1 is 0.837 bits per heavy atom. The van der Waals surface area contributed by atoms with E-state index >= 15 is 0 Å². The number of aromatic nitrogens is 3. The van der Waals surface area contributed by atoms with Gasteiger partial charge in [-0.25, -0.2) is 4.39 Å². The van der Waals surface area contributed by atoms with Gasteiger partial charge in [-0.05, 0) is 79.1 Å². The van der Waals surface area contributed by atoms with Crippen molar-refractivity contribution in [3.8, 4) is 16.8 Å². The molecule has 0 amide bonds. The van der Waals surface area contributed by atoms with Crippen molar-refractivity contribution in [2.45, 2.75) is 34.7 Å². The standard InChI is InChI=1S/C34H27F4N3O6S2/c35-25-8-10-26(11-9-25)40-31-18-24-20-39-41(48(42,43)27-4-2-1-3-5-27)30(24)19-29(31)32(33(40)23-14-16-46-17-15-23)22-6-12-28(13-7-22)49(44,45)47-21-34(36,37)38/h1-13,18-20,23H,14-17,21H2. The second-order valence-corrected chi connectivity index (χ2v) is 14.9. The first-order chi connectivity index (χ1) is 23.3. The molecule has 9 nitrogen and oxygen atoms in total. The van der Waals surface area contributed by atoms with Gasteiger partial charge in [0.1, 0.15) is 5.82 Å². The lowest BCUT2D eigenvalue weighted by Gasteiger charge is -2.26. The Hall–Kier alpha value is -4.57. The van der Waals surface area contributed by atoms with E-state index in [1.807, 2.05) is 4.57 Å². The highest BCUT2D eigenvalue weighted by atomic mass is 32.2. The third-order valence-corrected chi connectivity index (χ3v) is 11.3. The second kappa shape index (κ2) is 12.4. The van der Waals surface area contributed by atoms with Gasteiger partial charge in [-0.15, -0.1) is 0 Å². The van der Waals surface area contributed by atoms with E-state index in [0.29, 0.717) is 59.2 Å². The smallest absolute Gasteiger partial charge is 0.381 e. The molecule has 0 bridgehead atoms. The van der Waals surface area contributed by atoms with Crippen LogP contribution in [0, 0.1) is 5.82 Å². The monoisotopic (exact) mass is 713 g/mol. The largest absolute Gasteiger partial charge is 0.413 e. The van der Waals surface area contributed by atoms with E-state index in [4.69, 9.17) is 4.74 Å². The lowest BCUT2D eigenvalue weighted by atomic mass is 9.90. The van der Waals surface area contributed by atoms with Gasteiger partial charge in [0.05, 0.1) is 27.0 Å². The molecule has 15 heteroatoms. The van der Waals surface area contributed by atoms with E-state index in [1.165, 1.54) is 54.7 Å². The maximum absolute atomic E-state index is 14.1. The molecule has 0 radical (unpaired) electrons. The number of hydrogen-bond acceptors (Lipinski definition) is 7. The minimum atomic E-state index is -4.85. The van der Waals surface area contributed by atoms with Crippen LogP contribution in [0.5, 0.6) is 0 Å². The van der Waals surface area contributed by atoms with Gasteiger partial charge in [0.25, 0.3) is 20.1 Å². The predicted octanol–water partition coefficient (Wildman–Crippen LogP) is 7.18. The lowest BCUT2D eigenvalue weighted by molar-refractivity contribution is -0.152. The number of fused-ring (bicyclic) bond motifs is 2. The van der Waals surface area contributed by atoms with Gasteiger partial charge in [-0.1, -0.05) is 30.3 Å². The van der Waals surface area contributed by atoms with E-state index < -0.39 is 43.6 Å². The Morgan fingerprint density at radius 2 is 1.51 bits per heavy atom. The van der Waals surface area contributed by atoms with Gasteiger partial charge < -0.3 is 9.30 Å². The molecular weight excluding hydrogens is 687 g/mol. The molecule has 0 unspecified atom stereocenters. The number of alkyl halides is 3. The highest BCUT2D eigenvalue weighted by Gasteiger charge is 2.33. The van der Waals surface area contributed by atoms with E-state index in [1.54, 1.807) is 42.5 Å². The van der Waals surface area contributed by atoms with Crippen LogP contribution >= 0.6 is 0 Å². The van der Waals surface area contributed by atoms with E-state index in [2.05, 4.69) is 9.28 Å². The topological polar surface area (TPSA) is 109 Å². The molecule has 0 aliphatic carbocycles. The van der Waals surface area contributed by atoms with Crippen LogP contribution in [-0.2, 0) is 29.1 Å². The Labute approximate surface area is 278 Å². The van der Waals surface area contributed by atoms with Crippen LogP contribution in [0.3, 0.4) is 0 Å². The van der Waals surface area contributed by atoms with Crippen molar-refractivity contribution in [2.24, 2.45) is 0 Å². The highest BCUT2D eigenvalue weighted by Crippen LogP contribution is 2.45. The molecule has 4 aromatic carbocycles. The van der Waals surface area contributed by atoms with Crippen molar-refractivity contribution in [2.75, 3.05) is 19.8 Å².